The summed E-state index contributed by atoms with van der Waals surface area (Å²) in [6, 6.07) is 9.18. The monoisotopic (exact) mass is 434 g/mol. The highest BCUT2D eigenvalue weighted by atomic mass is 32.2. The van der Waals surface area contributed by atoms with Gasteiger partial charge in [0.2, 0.25) is 0 Å². The van der Waals surface area contributed by atoms with Crippen LogP contribution < -0.4 is 0 Å². The molecule has 1 amide bonds. The molecule has 2 aromatic heterocycles. The highest BCUT2D eigenvalue weighted by Gasteiger charge is 2.32. The number of aryl methyl sites for hydroxylation is 1. The largest absolute Gasteiger partial charge is 0.335 e. The number of hydrogen-bond acceptors (Lipinski definition) is 5. The van der Waals surface area contributed by atoms with Gasteiger partial charge < -0.3 is 4.90 Å². The van der Waals surface area contributed by atoms with E-state index >= 15 is 0 Å². The Morgan fingerprint density at radius 3 is 2.38 bits per heavy atom. The Kier molecular flexibility index (Phi) is 5.24. The molecule has 0 unspecified atom stereocenters. The van der Waals surface area contributed by atoms with Gasteiger partial charge in [-0.15, -0.1) is 11.3 Å². The van der Waals surface area contributed by atoms with Crippen molar-refractivity contribution in [2.75, 3.05) is 26.2 Å². The number of amides is 1. The Morgan fingerprint density at radius 2 is 1.76 bits per heavy atom. The number of carbonyl (C=O) groups is 1. The number of aromatic nitrogens is 2. The predicted molar refractivity (Wildman–Crippen MR) is 107 cm³/mol. The summed E-state index contributed by atoms with van der Waals surface area (Å²) in [5.74, 6) is -0.601. The van der Waals surface area contributed by atoms with Gasteiger partial charge in [0.15, 0.2) is 0 Å². The number of piperazine rings is 1. The first-order valence-corrected chi connectivity index (χ1v) is 11.3. The molecule has 0 spiro atoms. The second-order valence-electron chi connectivity index (χ2n) is 6.69. The van der Waals surface area contributed by atoms with Crippen LogP contribution in [0.2, 0.25) is 0 Å². The summed E-state index contributed by atoms with van der Waals surface area (Å²) in [6.45, 7) is 2.91. The van der Waals surface area contributed by atoms with E-state index < -0.39 is 10.0 Å². The van der Waals surface area contributed by atoms with E-state index in [-0.39, 0.29) is 37.9 Å². The number of imidazole rings is 1. The van der Waals surface area contributed by atoms with Crippen molar-refractivity contribution >= 4 is 27.3 Å². The van der Waals surface area contributed by atoms with Crippen molar-refractivity contribution in [3.8, 4) is 5.69 Å². The lowest BCUT2D eigenvalue weighted by Gasteiger charge is -2.33. The predicted octanol–water partition coefficient (Wildman–Crippen LogP) is 2.53. The van der Waals surface area contributed by atoms with Crippen molar-refractivity contribution in [3.63, 3.8) is 0 Å². The van der Waals surface area contributed by atoms with Gasteiger partial charge in [0, 0.05) is 36.7 Å². The zero-order valence-electron chi connectivity index (χ0n) is 15.7. The highest BCUT2D eigenvalue weighted by molar-refractivity contribution is 7.91. The lowest BCUT2D eigenvalue weighted by molar-refractivity contribution is 0.0690. The number of sulfonamides is 1. The lowest BCUT2D eigenvalue weighted by atomic mass is 10.2. The third-order valence-corrected chi connectivity index (χ3v) is 8.16. The van der Waals surface area contributed by atoms with Gasteiger partial charge in [-0.2, -0.15) is 4.31 Å². The first-order valence-electron chi connectivity index (χ1n) is 9.00. The lowest BCUT2D eigenvalue weighted by Crippen LogP contribution is -2.50. The average molecular weight is 435 g/mol. The molecule has 1 aromatic carbocycles. The van der Waals surface area contributed by atoms with Crippen molar-refractivity contribution in [2.24, 2.45) is 0 Å². The van der Waals surface area contributed by atoms with E-state index in [9.17, 15) is 17.6 Å². The molecule has 10 heteroatoms. The van der Waals surface area contributed by atoms with Gasteiger partial charge in [-0.3, -0.25) is 9.36 Å². The molecule has 1 saturated heterocycles. The smallest absolute Gasteiger partial charge is 0.272 e. The van der Waals surface area contributed by atoms with Crippen molar-refractivity contribution in [3.05, 3.63) is 65.3 Å². The van der Waals surface area contributed by atoms with Crippen molar-refractivity contribution < 1.29 is 17.6 Å². The minimum Gasteiger partial charge on any atom is -0.335 e. The van der Waals surface area contributed by atoms with Crippen LogP contribution in [-0.4, -0.2) is 59.3 Å². The minimum atomic E-state index is -3.54. The molecule has 152 valence electrons. The van der Waals surface area contributed by atoms with Crippen molar-refractivity contribution in [2.45, 2.75) is 11.1 Å². The fourth-order valence-electron chi connectivity index (χ4n) is 3.23. The van der Waals surface area contributed by atoms with Crippen LogP contribution in [-0.2, 0) is 10.0 Å². The van der Waals surface area contributed by atoms with E-state index in [1.165, 1.54) is 40.3 Å². The number of thiophene rings is 1. The van der Waals surface area contributed by atoms with E-state index in [1.54, 1.807) is 33.7 Å². The Labute approximate surface area is 172 Å². The SMILES string of the molecule is Cc1ccc(S(=O)(=O)N2CCN(C(=O)c3cncn3-c3ccc(F)cc3)CC2)s1. The van der Waals surface area contributed by atoms with Crippen LogP contribution in [0.15, 0.2) is 53.1 Å². The number of hydrogen-bond donors (Lipinski definition) is 0. The van der Waals surface area contributed by atoms with Gasteiger partial charge in [-0.1, -0.05) is 0 Å². The van der Waals surface area contributed by atoms with Gasteiger partial charge in [0.25, 0.3) is 15.9 Å². The second-order valence-corrected chi connectivity index (χ2v) is 10.1. The minimum absolute atomic E-state index is 0.232. The quantitative estimate of drug-likeness (QED) is 0.632. The molecular formula is C19H19FN4O3S2. The zero-order valence-corrected chi connectivity index (χ0v) is 17.3. The third-order valence-electron chi connectivity index (χ3n) is 4.80. The molecule has 3 heterocycles. The summed E-state index contributed by atoms with van der Waals surface area (Å²) in [5.41, 5.74) is 0.975. The van der Waals surface area contributed by atoms with E-state index in [2.05, 4.69) is 4.98 Å². The van der Waals surface area contributed by atoms with Crippen LogP contribution in [0.5, 0.6) is 0 Å². The number of nitrogens with zero attached hydrogens (tertiary/aromatic N) is 4. The van der Waals surface area contributed by atoms with Crippen LogP contribution in [0.1, 0.15) is 15.4 Å². The summed E-state index contributed by atoms with van der Waals surface area (Å²) in [6.07, 6.45) is 2.96. The number of benzene rings is 1. The fraction of sp³-hybridized carbons (Fsp3) is 0.263. The molecule has 0 radical (unpaired) electrons. The van der Waals surface area contributed by atoms with Crippen LogP contribution in [0.25, 0.3) is 5.69 Å². The van der Waals surface area contributed by atoms with Gasteiger partial charge in [0.05, 0.1) is 12.5 Å². The van der Waals surface area contributed by atoms with Gasteiger partial charge in [-0.25, -0.2) is 17.8 Å². The van der Waals surface area contributed by atoms with Crippen LogP contribution in [0, 0.1) is 12.7 Å². The summed E-state index contributed by atoms with van der Waals surface area (Å²) < 4.78 is 42.0. The first kappa shape index (κ1) is 19.7. The highest BCUT2D eigenvalue weighted by Crippen LogP contribution is 2.25. The molecule has 7 nitrogen and oxygen atoms in total. The molecule has 0 saturated carbocycles. The molecule has 4 rings (SSSR count). The van der Waals surface area contributed by atoms with Crippen molar-refractivity contribution in [1.82, 2.24) is 18.8 Å². The fourth-order valence-corrected chi connectivity index (χ4v) is 6.09. The van der Waals surface area contributed by atoms with Crippen LogP contribution >= 0.6 is 11.3 Å². The van der Waals surface area contributed by atoms with Gasteiger partial charge >= 0.3 is 0 Å². The van der Waals surface area contributed by atoms with E-state index in [1.807, 2.05) is 6.92 Å². The van der Waals surface area contributed by atoms with E-state index in [4.69, 9.17) is 0 Å². The molecule has 29 heavy (non-hydrogen) atoms. The summed E-state index contributed by atoms with van der Waals surface area (Å²) in [7, 11) is -3.54. The van der Waals surface area contributed by atoms with E-state index in [0.717, 1.165) is 4.88 Å². The maximum Gasteiger partial charge on any atom is 0.272 e. The summed E-state index contributed by atoms with van der Waals surface area (Å²) in [5, 5.41) is 0. The number of rotatable bonds is 4. The normalized spacial score (nSPS) is 15.6. The molecule has 0 bridgehead atoms. The number of carbonyl (C=O) groups excluding carboxylic acids is 1. The Balaban J connectivity index is 1.48. The Bertz CT molecular complexity index is 1130. The topological polar surface area (TPSA) is 75.5 Å². The molecule has 1 aliphatic heterocycles. The Hall–Kier alpha value is -2.56. The van der Waals surface area contributed by atoms with Gasteiger partial charge in [-0.05, 0) is 43.3 Å². The van der Waals surface area contributed by atoms with E-state index in [0.29, 0.717) is 15.6 Å². The molecular weight excluding hydrogens is 415 g/mol. The molecule has 0 atom stereocenters. The number of halogens is 1. The first-order chi connectivity index (χ1) is 13.9. The summed E-state index contributed by atoms with van der Waals surface area (Å²) in [4.78, 5) is 19.6. The molecule has 1 fully saturated rings. The zero-order chi connectivity index (χ0) is 20.6. The van der Waals surface area contributed by atoms with Crippen LogP contribution in [0.3, 0.4) is 0 Å². The maximum absolute atomic E-state index is 13.2. The standard InChI is InChI=1S/C19H19FN4O3S2/c1-14-2-7-18(28-14)29(26,27)23-10-8-22(9-11-23)19(25)17-12-21-13-24(17)16-5-3-15(20)4-6-16/h2-7,12-13H,8-11H2,1H3. The maximum atomic E-state index is 13.2. The summed E-state index contributed by atoms with van der Waals surface area (Å²) >= 11 is 1.25. The average Bonchev–Trinajstić information content (AvgIpc) is 3.38. The Morgan fingerprint density at radius 1 is 1.07 bits per heavy atom. The second kappa shape index (κ2) is 7.69. The third kappa shape index (κ3) is 3.83. The molecule has 0 N–H and O–H groups in total. The molecule has 3 aromatic rings. The van der Waals surface area contributed by atoms with Crippen LogP contribution in [0.4, 0.5) is 4.39 Å². The van der Waals surface area contributed by atoms with Gasteiger partial charge in [0.1, 0.15) is 15.7 Å². The van der Waals surface area contributed by atoms with Crippen molar-refractivity contribution in [1.29, 1.82) is 0 Å². The molecule has 1 aliphatic rings. The molecule has 0 aliphatic carbocycles.